The lowest BCUT2D eigenvalue weighted by Gasteiger charge is -2.13. The number of nitrogens with one attached hydrogen (secondary N) is 1. The van der Waals surface area contributed by atoms with Crippen LogP contribution in [0.5, 0.6) is 0 Å². The van der Waals surface area contributed by atoms with Gasteiger partial charge in [-0.1, -0.05) is 6.92 Å². The van der Waals surface area contributed by atoms with Crippen molar-refractivity contribution in [3.8, 4) is 0 Å². The van der Waals surface area contributed by atoms with E-state index in [2.05, 4.69) is 17.3 Å². The number of hydrogen-bond acceptors (Lipinski definition) is 3. The van der Waals surface area contributed by atoms with Crippen molar-refractivity contribution in [3.63, 3.8) is 0 Å². The predicted octanol–water partition coefficient (Wildman–Crippen LogP) is 2.76. The average molecular weight is 254 g/mol. The van der Waals surface area contributed by atoms with Crippen LogP contribution in [0.15, 0.2) is 28.8 Å². The topological polar surface area (TPSA) is 43.0 Å². The number of nitrogens with zero attached hydrogens (tertiary/aromatic N) is 2. The summed E-state index contributed by atoms with van der Waals surface area (Å²) >= 11 is 5.81. The van der Waals surface area contributed by atoms with Gasteiger partial charge in [0.25, 0.3) is 0 Å². The van der Waals surface area contributed by atoms with Gasteiger partial charge in [-0.2, -0.15) is 5.10 Å². The zero-order valence-corrected chi connectivity index (χ0v) is 10.7. The summed E-state index contributed by atoms with van der Waals surface area (Å²) in [5, 5.41) is 8.20. The SMILES string of the molecule is CCCNC(c1ccn(C)n1)c1ccc(Cl)o1. The molecule has 2 rings (SSSR count). The van der Waals surface area contributed by atoms with E-state index in [0.717, 1.165) is 24.4 Å². The lowest BCUT2D eigenvalue weighted by Crippen LogP contribution is -2.23. The van der Waals surface area contributed by atoms with Crippen LogP contribution in [0.2, 0.25) is 5.22 Å². The van der Waals surface area contributed by atoms with Gasteiger partial charge in [0.15, 0.2) is 5.22 Å². The summed E-state index contributed by atoms with van der Waals surface area (Å²) in [5.41, 5.74) is 0.937. The van der Waals surface area contributed by atoms with Gasteiger partial charge in [0.05, 0.1) is 5.69 Å². The van der Waals surface area contributed by atoms with E-state index in [1.54, 1.807) is 10.7 Å². The van der Waals surface area contributed by atoms with Crippen molar-refractivity contribution in [2.24, 2.45) is 7.05 Å². The lowest BCUT2D eigenvalue weighted by molar-refractivity contribution is 0.440. The highest BCUT2D eigenvalue weighted by atomic mass is 35.5. The Labute approximate surface area is 106 Å². The minimum absolute atomic E-state index is 0.0383. The van der Waals surface area contributed by atoms with E-state index >= 15 is 0 Å². The van der Waals surface area contributed by atoms with Gasteiger partial charge in [-0.05, 0) is 42.8 Å². The molecule has 0 bridgehead atoms. The van der Waals surface area contributed by atoms with Crippen molar-refractivity contribution in [3.05, 3.63) is 41.1 Å². The second-order valence-corrected chi connectivity index (χ2v) is 4.32. The molecule has 0 aliphatic rings. The van der Waals surface area contributed by atoms with E-state index in [1.165, 1.54) is 0 Å². The van der Waals surface area contributed by atoms with Crippen LogP contribution in [0.3, 0.4) is 0 Å². The number of rotatable bonds is 5. The molecule has 17 heavy (non-hydrogen) atoms. The Balaban J connectivity index is 2.24. The molecule has 0 fully saturated rings. The van der Waals surface area contributed by atoms with Gasteiger partial charge >= 0.3 is 0 Å². The molecule has 2 aromatic rings. The highest BCUT2D eigenvalue weighted by Gasteiger charge is 2.19. The maximum Gasteiger partial charge on any atom is 0.193 e. The van der Waals surface area contributed by atoms with Crippen molar-refractivity contribution in [2.75, 3.05) is 6.54 Å². The molecule has 0 saturated carbocycles. The number of hydrogen-bond donors (Lipinski definition) is 1. The van der Waals surface area contributed by atoms with Crippen molar-refractivity contribution in [2.45, 2.75) is 19.4 Å². The standard InChI is InChI=1S/C12H16ClN3O/c1-3-7-14-12(9-6-8-16(2)15-9)10-4-5-11(13)17-10/h4-6,8,12,14H,3,7H2,1-2H3. The number of aromatic nitrogens is 2. The van der Waals surface area contributed by atoms with Crippen LogP contribution in [-0.2, 0) is 7.05 Å². The molecule has 0 aliphatic heterocycles. The first kappa shape index (κ1) is 12.2. The van der Waals surface area contributed by atoms with Crippen LogP contribution in [0.1, 0.15) is 30.8 Å². The first-order valence-electron chi connectivity index (χ1n) is 5.69. The molecule has 1 atom stereocenters. The molecule has 1 N–H and O–H groups in total. The Morgan fingerprint density at radius 1 is 1.47 bits per heavy atom. The summed E-state index contributed by atoms with van der Waals surface area (Å²) < 4.78 is 7.24. The van der Waals surface area contributed by atoms with Gasteiger partial charge in [-0.3, -0.25) is 4.68 Å². The molecular formula is C12H16ClN3O. The predicted molar refractivity (Wildman–Crippen MR) is 67.1 cm³/mol. The number of aryl methyl sites for hydroxylation is 1. The van der Waals surface area contributed by atoms with Crippen LogP contribution in [0.4, 0.5) is 0 Å². The van der Waals surface area contributed by atoms with Crippen molar-refractivity contribution < 1.29 is 4.42 Å². The van der Waals surface area contributed by atoms with Crippen molar-refractivity contribution in [1.82, 2.24) is 15.1 Å². The highest BCUT2D eigenvalue weighted by molar-refractivity contribution is 6.28. The van der Waals surface area contributed by atoms with Gasteiger partial charge in [0.2, 0.25) is 0 Å². The zero-order chi connectivity index (χ0) is 12.3. The molecule has 2 aromatic heterocycles. The summed E-state index contributed by atoms with van der Waals surface area (Å²) in [4.78, 5) is 0. The minimum atomic E-state index is -0.0383. The summed E-state index contributed by atoms with van der Waals surface area (Å²) in [5.74, 6) is 0.794. The molecule has 4 nitrogen and oxygen atoms in total. The fourth-order valence-electron chi connectivity index (χ4n) is 1.71. The molecule has 0 spiro atoms. The highest BCUT2D eigenvalue weighted by Crippen LogP contribution is 2.24. The lowest BCUT2D eigenvalue weighted by atomic mass is 10.1. The van der Waals surface area contributed by atoms with E-state index in [9.17, 15) is 0 Å². The summed E-state index contributed by atoms with van der Waals surface area (Å²) in [6.07, 6.45) is 2.97. The van der Waals surface area contributed by atoms with E-state index in [-0.39, 0.29) is 6.04 Å². The van der Waals surface area contributed by atoms with Crippen molar-refractivity contribution in [1.29, 1.82) is 0 Å². The Morgan fingerprint density at radius 2 is 2.29 bits per heavy atom. The second-order valence-electron chi connectivity index (χ2n) is 3.94. The molecule has 2 heterocycles. The molecular weight excluding hydrogens is 238 g/mol. The summed E-state index contributed by atoms with van der Waals surface area (Å²) in [7, 11) is 1.90. The minimum Gasteiger partial charge on any atom is -0.448 e. The molecule has 5 heteroatoms. The molecule has 92 valence electrons. The molecule has 0 aliphatic carbocycles. The van der Waals surface area contributed by atoms with E-state index in [1.807, 2.05) is 25.4 Å². The van der Waals surface area contributed by atoms with Gasteiger partial charge in [-0.25, -0.2) is 0 Å². The van der Waals surface area contributed by atoms with E-state index in [0.29, 0.717) is 5.22 Å². The largest absolute Gasteiger partial charge is 0.448 e. The van der Waals surface area contributed by atoms with Crippen molar-refractivity contribution >= 4 is 11.6 Å². The van der Waals surface area contributed by atoms with Crippen LogP contribution in [0.25, 0.3) is 0 Å². The van der Waals surface area contributed by atoms with Gasteiger partial charge in [0, 0.05) is 13.2 Å². The first-order chi connectivity index (χ1) is 8.20. The third-order valence-corrected chi connectivity index (χ3v) is 2.71. The van der Waals surface area contributed by atoms with Gasteiger partial charge < -0.3 is 9.73 Å². The Hall–Kier alpha value is -1.26. The van der Waals surface area contributed by atoms with Crippen LogP contribution in [-0.4, -0.2) is 16.3 Å². The Morgan fingerprint density at radius 3 is 2.82 bits per heavy atom. The quantitative estimate of drug-likeness (QED) is 0.891. The fraction of sp³-hybridized carbons (Fsp3) is 0.417. The normalized spacial score (nSPS) is 12.9. The van der Waals surface area contributed by atoms with Crippen LogP contribution >= 0.6 is 11.6 Å². The Kier molecular flexibility index (Phi) is 3.86. The number of halogens is 1. The smallest absolute Gasteiger partial charge is 0.193 e. The summed E-state index contributed by atoms with van der Waals surface area (Å²) in [6, 6.07) is 5.57. The zero-order valence-electron chi connectivity index (χ0n) is 9.98. The molecule has 0 saturated heterocycles. The second kappa shape index (κ2) is 5.38. The third kappa shape index (κ3) is 2.90. The summed E-state index contributed by atoms with van der Waals surface area (Å²) in [6.45, 7) is 3.02. The van der Waals surface area contributed by atoms with Gasteiger partial charge in [0.1, 0.15) is 11.8 Å². The number of furan rings is 1. The van der Waals surface area contributed by atoms with Crippen LogP contribution < -0.4 is 5.32 Å². The average Bonchev–Trinajstić information content (AvgIpc) is 2.89. The van der Waals surface area contributed by atoms with E-state index in [4.69, 9.17) is 16.0 Å². The molecule has 1 unspecified atom stereocenters. The maximum absolute atomic E-state index is 5.81. The maximum atomic E-state index is 5.81. The monoisotopic (exact) mass is 253 g/mol. The fourth-order valence-corrected chi connectivity index (χ4v) is 1.86. The van der Waals surface area contributed by atoms with Gasteiger partial charge in [-0.15, -0.1) is 0 Å². The molecule has 0 radical (unpaired) electrons. The first-order valence-corrected chi connectivity index (χ1v) is 6.06. The van der Waals surface area contributed by atoms with E-state index < -0.39 is 0 Å². The molecule has 0 amide bonds. The van der Waals surface area contributed by atoms with Crippen LogP contribution in [0, 0.1) is 0 Å². The molecule has 0 aromatic carbocycles. The Bertz CT molecular complexity index is 437. The third-order valence-electron chi connectivity index (χ3n) is 2.51.